The van der Waals surface area contributed by atoms with E-state index < -0.39 is 10.8 Å². The van der Waals surface area contributed by atoms with Crippen LogP contribution in [-0.2, 0) is 4.74 Å². The molecule has 0 radical (unpaired) electrons. The lowest BCUT2D eigenvalue weighted by Gasteiger charge is -2.30. The molecule has 38 heavy (non-hydrogen) atoms. The van der Waals surface area contributed by atoms with Crippen LogP contribution in [0.2, 0.25) is 0 Å². The molecule has 0 aliphatic carbocycles. The number of carbonyl (C=O) groups excluding carboxylic acids is 1. The third kappa shape index (κ3) is 5.34. The van der Waals surface area contributed by atoms with Crippen molar-refractivity contribution in [2.75, 3.05) is 36.5 Å². The second-order valence-corrected chi connectivity index (χ2v) is 9.39. The molecule has 1 amide bonds. The first-order valence-electron chi connectivity index (χ1n) is 12.0. The van der Waals surface area contributed by atoms with Gasteiger partial charge in [0.25, 0.3) is 11.6 Å². The second kappa shape index (κ2) is 10.6. The third-order valence-electron chi connectivity index (χ3n) is 6.29. The van der Waals surface area contributed by atoms with Gasteiger partial charge in [-0.25, -0.2) is 4.98 Å². The lowest BCUT2D eigenvalue weighted by atomic mass is 10.1. The van der Waals surface area contributed by atoms with Crippen LogP contribution in [0.3, 0.4) is 0 Å². The van der Waals surface area contributed by atoms with E-state index in [9.17, 15) is 14.9 Å². The standard InChI is InChI=1S/C27H25N5O5S/c1-16-3-8-24-22(13-16)28-26(37-24)18-5-4-17(2)21(14-18)29-27(38)30-25(33)20-15-19(32(34)35)6-7-23(20)31-9-11-36-12-10-31/h3-8,13-15H,9-12H2,1-2H3,(H2,29,30,33,38). The number of amides is 1. The number of aromatic nitrogens is 1. The van der Waals surface area contributed by atoms with E-state index in [1.54, 1.807) is 6.07 Å². The van der Waals surface area contributed by atoms with E-state index in [2.05, 4.69) is 15.6 Å². The van der Waals surface area contributed by atoms with Crippen molar-refractivity contribution < 1.29 is 18.9 Å². The summed E-state index contributed by atoms with van der Waals surface area (Å²) >= 11 is 5.43. The van der Waals surface area contributed by atoms with Crippen molar-refractivity contribution in [2.45, 2.75) is 13.8 Å². The molecule has 11 heteroatoms. The summed E-state index contributed by atoms with van der Waals surface area (Å²) in [5, 5.41) is 17.2. The number of nitrogens with zero attached hydrogens (tertiary/aromatic N) is 3. The number of hydrogen-bond donors (Lipinski definition) is 2. The van der Waals surface area contributed by atoms with Gasteiger partial charge in [-0.2, -0.15) is 0 Å². The number of non-ortho nitro benzene ring substituents is 1. The lowest BCUT2D eigenvalue weighted by Crippen LogP contribution is -2.39. The number of fused-ring (bicyclic) bond motifs is 1. The lowest BCUT2D eigenvalue weighted by molar-refractivity contribution is -0.384. The molecule has 2 N–H and O–H groups in total. The largest absolute Gasteiger partial charge is 0.436 e. The van der Waals surface area contributed by atoms with Gasteiger partial charge < -0.3 is 19.4 Å². The third-order valence-corrected chi connectivity index (χ3v) is 6.49. The first kappa shape index (κ1) is 25.3. The van der Waals surface area contributed by atoms with Gasteiger partial charge in [0.2, 0.25) is 5.89 Å². The molecular formula is C27H25N5O5S. The Kier molecular flexibility index (Phi) is 7.03. The van der Waals surface area contributed by atoms with Gasteiger partial charge in [0.05, 0.1) is 29.4 Å². The molecule has 1 saturated heterocycles. The average molecular weight is 532 g/mol. The van der Waals surface area contributed by atoms with Crippen LogP contribution < -0.4 is 15.5 Å². The van der Waals surface area contributed by atoms with Crippen molar-refractivity contribution in [1.82, 2.24) is 10.3 Å². The average Bonchev–Trinajstić information content (AvgIpc) is 3.33. The summed E-state index contributed by atoms with van der Waals surface area (Å²) < 4.78 is 11.3. The molecule has 10 nitrogen and oxygen atoms in total. The Morgan fingerprint density at radius 2 is 1.87 bits per heavy atom. The summed E-state index contributed by atoms with van der Waals surface area (Å²) in [7, 11) is 0. The van der Waals surface area contributed by atoms with E-state index in [1.165, 1.54) is 12.1 Å². The number of ether oxygens (including phenoxy) is 1. The molecule has 0 saturated carbocycles. The number of rotatable bonds is 5. The fourth-order valence-corrected chi connectivity index (χ4v) is 4.48. The minimum atomic E-state index is -0.546. The van der Waals surface area contributed by atoms with E-state index in [4.69, 9.17) is 21.4 Å². The SMILES string of the molecule is Cc1ccc2oc(-c3ccc(C)c(NC(=S)NC(=O)c4cc([N+](=O)[O-])ccc4N4CCOCC4)c3)nc2c1. The van der Waals surface area contributed by atoms with Crippen LogP contribution in [0.15, 0.2) is 59.0 Å². The normalized spacial score (nSPS) is 13.4. The molecular weight excluding hydrogens is 506 g/mol. The quantitative estimate of drug-likeness (QED) is 0.208. The van der Waals surface area contributed by atoms with Crippen molar-refractivity contribution in [3.63, 3.8) is 0 Å². The fraction of sp³-hybridized carbons (Fsp3) is 0.222. The molecule has 0 spiro atoms. The molecule has 5 rings (SSSR count). The zero-order valence-corrected chi connectivity index (χ0v) is 21.6. The predicted molar refractivity (Wildman–Crippen MR) is 149 cm³/mol. The highest BCUT2D eigenvalue weighted by atomic mass is 32.1. The minimum absolute atomic E-state index is 0.0582. The summed E-state index contributed by atoms with van der Waals surface area (Å²) in [5.41, 5.74) is 5.42. The van der Waals surface area contributed by atoms with E-state index in [-0.39, 0.29) is 16.4 Å². The van der Waals surface area contributed by atoms with Crippen LogP contribution in [0, 0.1) is 24.0 Å². The van der Waals surface area contributed by atoms with Gasteiger partial charge in [0.1, 0.15) is 5.52 Å². The van der Waals surface area contributed by atoms with Gasteiger partial charge in [-0.1, -0.05) is 12.1 Å². The number of thiocarbonyl (C=S) groups is 1. The number of nitrogens with one attached hydrogen (secondary N) is 2. The molecule has 194 valence electrons. The highest BCUT2D eigenvalue weighted by molar-refractivity contribution is 7.80. The van der Waals surface area contributed by atoms with Crippen molar-refractivity contribution >= 4 is 51.4 Å². The Hall–Kier alpha value is -4.35. The topological polar surface area (TPSA) is 123 Å². The van der Waals surface area contributed by atoms with Gasteiger partial charge in [0.15, 0.2) is 10.7 Å². The Morgan fingerprint density at radius 1 is 1.08 bits per heavy atom. The maximum atomic E-state index is 13.2. The maximum absolute atomic E-state index is 13.2. The van der Waals surface area contributed by atoms with Crippen molar-refractivity contribution in [3.05, 3.63) is 81.4 Å². The predicted octanol–water partition coefficient (Wildman–Crippen LogP) is 4.98. The summed E-state index contributed by atoms with van der Waals surface area (Å²) in [5.74, 6) is -0.0776. The molecule has 1 fully saturated rings. The molecule has 1 aliphatic rings. The Labute approximate surface area is 223 Å². The molecule has 1 aliphatic heterocycles. The Balaban J connectivity index is 1.36. The number of carbonyl (C=O) groups is 1. The van der Waals surface area contributed by atoms with Gasteiger partial charge in [-0.3, -0.25) is 20.2 Å². The zero-order valence-electron chi connectivity index (χ0n) is 20.8. The fourth-order valence-electron chi connectivity index (χ4n) is 4.27. The number of nitro groups is 1. The molecule has 3 aromatic carbocycles. The number of aryl methyl sites for hydroxylation is 2. The van der Waals surface area contributed by atoms with Gasteiger partial charge >= 0.3 is 0 Å². The molecule has 4 aromatic rings. The number of nitro benzene ring substituents is 1. The zero-order chi connectivity index (χ0) is 26.8. The molecule has 2 heterocycles. The van der Waals surface area contributed by atoms with Crippen LogP contribution in [0.5, 0.6) is 0 Å². The van der Waals surface area contributed by atoms with Crippen LogP contribution in [0.1, 0.15) is 21.5 Å². The smallest absolute Gasteiger partial charge is 0.270 e. The number of oxazole rings is 1. The number of hydrogen-bond acceptors (Lipinski definition) is 8. The van der Waals surface area contributed by atoms with Crippen molar-refractivity contribution in [1.29, 1.82) is 0 Å². The highest BCUT2D eigenvalue weighted by Gasteiger charge is 2.23. The Bertz CT molecular complexity index is 1560. The summed E-state index contributed by atoms with van der Waals surface area (Å²) in [6.45, 7) is 6.06. The highest BCUT2D eigenvalue weighted by Crippen LogP contribution is 2.29. The molecule has 1 aromatic heterocycles. The van der Waals surface area contributed by atoms with Crippen LogP contribution in [0.25, 0.3) is 22.6 Å². The summed E-state index contributed by atoms with van der Waals surface area (Å²) in [6, 6.07) is 15.7. The summed E-state index contributed by atoms with van der Waals surface area (Å²) in [4.78, 5) is 30.6. The number of morpholine rings is 1. The van der Waals surface area contributed by atoms with Gasteiger partial charge in [-0.15, -0.1) is 0 Å². The first-order chi connectivity index (χ1) is 18.3. The van der Waals surface area contributed by atoms with Crippen LogP contribution in [0.4, 0.5) is 17.1 Å². The summed E-state index contributed by atoms with van der Waals surface area (Å²) in [6.07, 6.45) is 0. The molecule has 0 bridgehead atoms. The van der Waals surface area contributed by atoms with Gasteiger partial charge in [-0.05, 0) is 67.5 Å². The molecule has 0 atom stereocenters. The van der Waals surface area contributed by atoms with E-state index >= 15 is 0 Å². The first-order valence-corrected chi connectivity index (χ1v) is 12.4. The number of anilines is 2. The van der Waals surface area contributed by atoms with E-state index in [1.807, 2.05) is 55.1 Å². The van der Waals surface area contributed by atoms with E-state index in [0.29, 0.717) is 49.2 Å². The van der Waals surface area contributed by atoms with Crippen molar-refractivity contribution in [2.24, 2.45) is 0 Å². The van der Waals surface area contributed by atoms with Gasteiger partial charge in [0, 0.05) is 36.5 Å². The Morgan fingerprint density at radius 3 is 2.63 bits per heavy atom. The van der Waals surface area contributed by atoms with Crippen molar-refractivity contribution in [3.8, 4) is 11.5 Å². The monoisotopic (exact) mass is 531 g/mol. The molecule has 0 unspecified atom stereocenters. The second-order valence-electron chi connectivity index (χ2n) is 8.99. The van der Waals surface area contributed by atoms with Crippen LogP contribution >= 0.6 is 12.2 Å². The maximum Gasteiger partial charge on any atom is 0.270 e. The van der Waals surface area contributed by atoms with Crippen LogP contribution in [-0.4, -0.2) is 47.2 Å². The number of benzene rings is 3. The minimum Gasteiger partial charge on any atom is -0.436 e. The van der Waals surface area contributed by atoms with E-state index in [0.717, 1.165) is 22.2 Å².